The first-order valence-corrected chi connectivity index (χ1v) is 8.63. The number of aryl methyl sites for hydroxylation is 2. The van der Waals surface area contributed by atoms with Crippen LogP contribution in [0.15, 0.2) is 48.5 Å². The van der Waals surface area contributed by atoms with Gasteiger partial charge in [-0.2, -0.15) is 0 Å². The monoisotopic (exact) mass is 350 g/mol. The molecule has 0 saturated carbocycles. The van der Waals surface area contributed by atoms with Crippen LogP contribution in [0.4, 0.5) is 5.69 Å². The number of nitrogens with zero attached hydrogens (tertiary/aromatic N) is 1. The standard InChI is InChI=1S/C21H22N2O3/c1-15-4-10-19-17(13-15)3-2-12-23(19)21(25)11-7-16-5-8-18(9-6-16)26-14-20(22)24/h4-11,13H,2-3,12,14H2,1H3,(H2,22,24)/b11-7-. The number of hydrogen-bond donors (Lipinski definition) is 1. The van der Waals surface area contributed by atoms with E-state index in [9.17, 15) is 9.59 Å². The molecule has 0 saturated heterocycles. The number of benzene rings is 2. The lowest BCUT2D eigenvalue weighted by Crippen LogP contribution is -2.34. The molecule has 5 nitrogen and oxygen atoms in total. The predicted octanol–water partition coefficient (Wildman–Crippen LogP) is 2.85. The molecule has 134 valence electrons. The number of fused-ring (bicyclic) bond motifs is 1. The van der Waals surface area contributed by atoms with Crippen LogP contribution in [0, 0.1) is 6.92 Å². The van der Waals surface area contributed by atoms with Gasteiger partial charge in [0.2, 0.25) is 0 Å². The predicted molar refractivity (Wildman–Crippen MR) is 102 cm³/mol. The zero-order valence-corrected chi connectivity index (χ0v) is 14.8. The topological polar surface area (TPSA) is 72.6 Å². The second kappa shape index (κ2) is 7.87. The van der Waals surface area contributed by atoms with Gasteiger partial charge in [0.25, 0.3) is 11.8 Å². The third-order valence-electron chi connectivity index (χ3n) is 4.30. The van der Waals surface area contributed by atoms with Gasteiger partial charge in [0.15, 0.2) is 6.61 Å². The highest BCUT2D eigenvalue weighted by molar-refractivity contribution is 6.04. The number of primary amides is 1. The molecule has 2 aromatic rings. The Kier molecular flexibility index (Phi) is 5.37. The van der Waals surface area contributed by atoms with Crippen molar-refractivity contribution in [3.63, 3.8) is 0 Å². The van der Waals surface area contributed by atoms with E-state index in [0.717, 1.165) is 30.6 Å². The molecular weight excluding hydrogens is 328 g/mol. The Morgan fingerprint density at radius 2 is 1.96 bits per heavy atom. The minimum Gasteiger partial charge on any atom is -0.484 e. The lowest BCUT2D eigenvalue weighted by Gasteiger charge is -2.29. The number of hydrogen-bond acceptors (Lipinski definition) is 3. The molecule has 0 radical (unpaired) electrons. The van der Waals surface area contributed by atoms with Crippen LogP contribution in [-0.4, -0.2) is 25.0 Å². The van der Waals surface area contributed by atoms with Crippen LogP contribution in [0.25, 0.3) is 6.08 Å². The molecule has 1 heterocycles. The highest BCUT2D eigenvalue weighted by atomic mass is 16.5. The maximum absolute atomic E-state index is 12.6. The number of rotatable bonds is 5. The molecule has 0 atom stereocenters. The fourth-order valence-electron chi connectivity index (χ4n) is 3.04. The van der Waals surface area contributed by atoms with E-state index in [4.69, 9.17) is 10.5 Å². The van der Waals surface area contributed by atoms with Gasteiger partial charge in [-0.25, -0.2) is 0 Å². The van der Waals surface area contributed by atoms with Crippen LogP contribution < -0.4 is 15.4 Å². The van der Waals surface area contributed by atoms with Crippen molar-refractivity contribution in [1.82, 2.24) is 0 Å². The van der Waals surface area contributed by atoms with Crippen molar-refractivity contribution in [3.8, 4) is 5.75 Å². The Labute approximate surface area is 153 Å². The second-order valence-corrected chi connectivity index (χ2v) is 6.38. The first-order valence-electron chi connectivity index (χ1n) is 8.63. The largest absolute Gasteiger partial charge is 0.484 e. The van der Waals surface area contributed by atoms with Crippen molar-refractivity contribution in [1.29, 1.82) is 0 Å². The summed E-state index contributed by atoms with van der Waals surface area (Å²) in [5, 5.41) is 0. The summed E-state index contributed by atoms with van der Waals surface area (Å²) >= 11 is 0. The van der Waals surface area contributed by atoms with E-state index in [0.29, 0.717) is 5.75 Å². The van der Waals surface area contributed by atoms with Gasteiger partial charge in [-0.15, -0.1) is 0 Å². The number of carbonyl (C=O) groups excluding carboxylic acids is 2. The molecular formula is C21H22N2O3. The molecule has 1 aliphatic heterocycles. The summed E-state index contributed by atoms with van der Waals surface area (Å²) in [5.41, 5.74) is 9.38. The molecule has 0 aliphatic carbocycles. The van der Waals surface area contributed by atoms with Crippen molar-refractivity contribution < 1.29 is 14.3 Å². The maximum Gasteiger partial charge on any atom is 0.255 e. The quantitative estimate of drug-likeness (QED) is 0.843. The Hall–Kier alpha value is -3.08. The van der Waals surface area contributed by atoms with Crippen molar-refractivity contribution in [2.45, 2.75) is 19.8 Å². The van der Waals surface area contributed by atoms with E-state index in [1.807, 2.05) is 29.2 Å². The third kappa shape index (κ3) is 4.30. The molecule has 0 spiro atoms. The van der Waals surface area contributed by atoms with E-state index in [-0.39, 0.29) is 12.5 Å². The number of nitrogens with two attached hydrogens (primary N) is 1. The lowest BCUT2D eigenvalue weighted by molar-refractivity contribution is -0.120. The summed E-state index contributed by atoms with van der Waals surface area (Å²) in [6.07, 6.45) is 5.36. The van der Waals surface area contributed by atoms with Crippen molar-refractivity contribution in [2.75, 3.05) is 18.1 Å². The van der Waals surface area contributed by atoms with Gasteiger partial charge in [0.05, 0.1) is 0 Å². The smallest absolute Gasteiger partial charge is 0.255 e. The lowest BCUT2D eigenvalue weighted by atomic mass is 9.99. The molecule has 3 rings (SSSR count). The van der Waals surface area contributed by atoms with Gasteiger partial charge < -0.3 is 15.4 Å². The first-order chi connectivity index (χ1) is 12.5. The molecule has 26 heavy (non-hydrogen) atoms. The SMILES string of the molecule is Cc1ccc2c(c1)CCCN2C(=O)/C=C\c1ccc(OCC(N)=O)cc1. The minimum atomic E-state index is -0.517. The average Bonchev–Trinajstić information content (AvgIpc) is 2.64. The average molecular weight is 350 g/mol. The van der Waals surface area contributed by atoms with Gasteiger partial charge in [-0.3, -0.25) is 9.59 Å². The Balaban J connectivity index is 1.68. The fraction of sp³-hybridized carbons (Fsp3) is 0.238. The third-order valence-corrected chi connectivity index (χ3v) is 4.30. The number of anilines is 1. The van der Waals surface area contributed by atoms with Crippen LogP contribution in [0.5, 0.6) is 5.75 Å². The van der Waals surface area contributed by atoms with Crippen LogP contribution in [0.3, 0.4) is 0 Å². The molecule has 2 aromatic carbocycles. The summed E-state index contributed by atoms with van der Waals surface area (Å²) in [7, 11) is 0. The van der Waals surface area contributed by atoms with Crippen LogP contribution in [-0.2, 0) is 16.0 Å². The number of amides is 2. The van der Waals surface area contributed by atoms with Gasteiger partial charge >= 0.3 is 0 Å². The molecule has 5 heteroatoms. The van der Waals surface area contributed by atoms with Gasteiger partial charge in [0, 0.05) is 18.3 Å². The molecule has 0 aromatic heterocycles. The highest BCUT2D eigenvalue weighted by Gasteiger charge is 2.20. The van der Waals surface area contributed by atoms with E-state index >= 15 is 0 Å². The zero-order chi connectivity index (χ0) is 18.5. The fourth-order valence-corrected chi connectivity index (χ4v) is 3.04. The van der Waals surface area contributed by atoms with Gasteiger partial charge in [-0.05, 0) is 55.2 Å². The van der Waals surface area contributed by atoms with E-state index in [1.54, 1.807) is 24.3 Å². The summed E-state index contributed by atoms with van der Waals surface area (Å²) in [5.74, 6) is 0.0213. The molecule has 1 aliphatic rings. The molecule has 0 bridgehead atoms. The zero-order valence-electron chi connectivity index (χ0n) is 14.8. The maximum atomic E-state index is 12.6. The van der Waals surface area contributed by atoms with Crippen molar-refractivity contribution in [3.05, 3.63) is 65.2 Å². The van der Waals surface area contributed by atoms with E-state index in [1.165, 1.54) is 11.1 Å². The molecule has 0 fully saturated rings. The number of carbonyl (C=O) groups is 2. The summed E-state index contributed by atoms with van der Waals surface area (Å²) in [6.45, 7) is 2.65. The minimum absolute atomic E-state index is 0.0242. The molecule has 2 N–H and O–H groups in total. The molecule has 0 unspecified atom stereocenters. The van der Waals surface area contributed by atoms with E-state index < -0.39 is 5.91 Å². The molecule has 2 amide bonds. The summed E-state index contributed by atoms with van der Waals surface area (Å²) in [4.78, 5) is 25.2. The van der Waals surface area contributed by atoms with Crippen LogP contribution in [0.2, 0.25) is 0 Å². The number of ether oxygens (including phenoxy) is 1. The van der Waals surface area contributed by atoms with Crippen LogP contribution in [0.1, 0.15) is 23.1 Å². The Bertz CT molecular complexity index is 841. The van der Waals surface area contributed by atoms with Crippen LogP contribution >= 0.6 is 0 Å². The van der Waals surface area contributed by atoms with Gasteiger partial charge in [0.1, 0.15) is 5.75 Å². The summed E-state index contributed by atoms with van der Waals surface area (Å²) < 4.78 is 5.22. The van der Waals surface area contributed by atoms with Crippen molar-refractivity contribution >= 4 is 23.6 Å². The first kappa shape index (κ1) is 17.7. The van der Waals surface area contributed by atoms with E-state index in [2.05, 4.69) is 13.0 Å². The van der Waals surface area contributed by atoms with Gasteiger partial charge in [-0.1, -0.05) is 29.8 Å². The highest BCUT2D eigenvalue weighted by Crippen LogP contribution is 2.28. The second-order valence-electron chi connectivity index (χ2n) is 6.38. The van der Waals surface area contributed by atoms with Crippen molar-refractivity contribution in [2.24, 2.45) is 5.73 Å². The summed E-state index contributed by atoms with van der Waals surface area (Å²) in [6, 6.07) is 13.4. The Morgan fingerprint density at radius 1 is 1.19 bits per heavy atom. The Morgan fingerprint density at radius 3 is 2.69 bits per heavy atom. The normalized spacial score (nSPS) is 13.5.